The van der Waals surface area contributed by atoms with Crippen LogP contribution in [0.3, 0.4) is 0 Å². The molecule has 2 amide bonds. The van der Waals surface area contributed by atoms with E-state index in [1.165, 1.54) is 4.90 Å². The van der Waals surface area contributed by atoms with Crippen LogP contribution >= 0.6 is 0 Å². The molecule has 3 N–H and O–H groups in total. The van der Waals surface area contributed by atoms with Gasteiger partial charge in [-0.05, 0) is 84.7 Å². The smallest absolute Gasteiger partial charge is 0.303 e. The molecule has 3 heterocycles. The lowest BCUT2D eigenvalue weighted by molar-refractivity contribution is -0.141. The van der Waals surface area contributed by atoms with E-state index in [1.54, 1.807) is 18.3 Å². The number of hydrogen-bond acceptors (Lipinski definition) is 7. The third-order valence-electron chi connectivity index (χ3n) is 8.47. The molecule has 0 spiro atoms. The zero-order valence-electron chi connectivity index (χ0n) is 22.9. The standard InChI is InChI=1S/C32H36N2O7/c35-18-22-17-24-30(32(40)34(31(24)39)15-5-1-2-7-28(37)38)25-19-41-27(29(22)25)13-10-21(26-6-3-4-14-33-26)16-20-8-11-23(36)12-9-20/h3-4,6,8-9,11-12,14,16,24-25,27,30,35-36H,1-2,5,7,10,13,15,17-19H2,(H,37,38)/b21-16-/t24-,25+,27-,30-/m1/s1. The summed E-state index contributed by atoms with van der Waals surface area (Å²) in [4.78, 5) is 43.4. The van der Waals surface area contributed by atoms with Crippen molar-refractivity contribution in [1.82, 2.24) is 9.88 Å². The number of aliphatic hydroxyl groups is 1. The van der Waals surface area contributed by atoms with Crippen LogP contribution in [0.4, 0.5) is 0 Å². The molecule has 9 heteroatoms. The molecule has 5 rings (SSSR count). The van der Waals surface area contributed by atoms with E-state index in [4.69, 9.17) is 9.84 Å². The monoisotopic (exact) mass is 560 g/mol. The van der Waals surface area contributed by atoms with Crippen molar-refractivity contribution < 1.29 is 34.4 Å². The first-order valence-corrected chi connectivity index (χ1v) is 14.3. The summed E-state index contributed by atoms with van der Waals surface area (Å²) in [5.41, 5.74) is 4.53. The first kappa shape index (κ1) is 28.7. The van der Waals surface area contributed by atoms with Crippen molar-refractivity contribution >= 4 is 29.4 Å². The number of carboxylic acids is 1. The van der Waals surface area contributed by atoms with Gasteiger partial charge >= 0.3 is 5.97 Å². The molecule has 2 aliphatic heterocycles. The van der Waals surface area contributed by atoms with Gasteiger partial charge in [0.25, 0.3) is 0 Å². The van der Waals surface area contributed by atoms with Crippen LogP contribution in [0, 0.1) is 17.8 Å². The number of amides is 2. The molecule has 2 fully saturated rings. The molecule has 0 saturated carbocycles. The third-order valence-corrected chi connectivity index (χ3v) is 8.47. The van der Waals surface area contributed by atoms with Gasteiger partial charge < -0.3 is 20.1 Å². The number of carbonyl (C=O) groups is 3. The Bertz CT molecular complexity index is 1340. The number of benzene rings is 1. The topological polar surface area (TPSA) is 137 Å². The van der Waals surface area contributed by atoms with Crippen molar-refractivity contribution in [1.29, 1.82) is 0 Å². The van der Waals surface area contributed by atoms with Gasteiger partial charge in [0, 0.05) is 25.1 Å². The molecule has 2 saturated heterocycles. The molecular weight excluding hydrogens is 524 g/mol. The number of rotatable bonds is 12. The minimum absolute atomic E-state index is 0.0766. The quantitative estimate of drug-likeness (QED) is 0.201. The van der Waals surface area contributed by atoms with E-state index in [-0.39, 0.29) is 42.6 Å². The van der Waals surface area contributed by atoms with Crippen LogP contribution in [-0.4, -0.2) is 68.8 Å². The lowest BCUT2D eigenvalue weighted by Crippen LogP contribution is -2.35. The molecule has 4 atom stereocenters. The summed E-state index contributed by atoms with van der Waals surface area (Å²) in [6.07, 6.45) is 6.93. The van der Waals surface area contributed by atoms with Crippen LogP contribution in [0.15, 0.2) is 59.8 Å². The van der Waals surface area contributed by atoms with Crippen LogP contribution in [0.2, 0.25) is 0 Å². The summed E-state index contributed by atoms with van der Waals surface area (Å²) in [6, 6.07) is 12.7. The molecule has 1 aromatic carbocycles. The number of hydrogen-bond donors (Lipinski definition) is 3. The Balaban J connectivity index is 1.31. The van der Waals surface area contributed by atoms with Crippen molar-refractivity contribution in [2.45, 2.75) is 51.0 Å². The highest BCUT2D eigenvalue weighted by molar-refractivity contribution is 6.06. The van der Waals surface area contributed by atoms with Gasteiger partial charge in [-0.3, -0.25) is 24.3 Å². The minimum atomic E-state index is -0.849. The summed E-state index contributed by atoms with van der Waals surface area (Å²) in [7, 11) is 0. The number of aromatic nitrogens is 1. The molecule has 3 aliphatic rings. The maximum atomic E-state index is 13.5. The highest BCUT2D eigenvalue weighted by Gasteiger charge is 2.56. The van der Waals surface area contributed by atoms with E-state index in [2.05, 4.69) is 4.98 Å². The van der Waals surface area contributed by atoms with Crippen molar-refractivity contribution in [3.8, 4) is 5.75 Å². The number of phenols is 1. The maximum absolute atomic E-state index is 13.5. The molecule has 1 aromatic heterocycles. The van der Waals surface area contributed by atoms with Crippen LogP contribution in [0.5, 0.6) is 5.75 Å². The highest BCUT2D eigenvalue weighted by Crippen LogP contribution is 2.50. The van der Waals surface area contributed by atoms with Gasteiger partial charge in [0.05, 0.1) is 36.8 Å². The average Bonchev–Trinajstić information content (AvgIpc) is 3.50. The van der Waals surface area contributed by atoms with Crippen LogP contribution in [-0.2, 0) is 19.1 Å². The van der Waals surface area contributed by atoms with Gasteiger partial charge in [0.1, 0.15) is 5.75 Å². The van der Waals surface area contributed by atoms with E-state index in [1.807, 2.05) is 36.4 Å². The Morgan fingerprint density at radius 1 is 1.02 bits per heavy atom. The summed E-state index contributed by atoms with van der Waals surface area (Å²) >= 11 is 0. The number of aliphatic carboxylic acids is 1. The first-order valence-electron chi connectivity index (χ1n) is 14.3. The second-order valence-corrected chi connectivity index (χ2v) is 11.0. The fourth-order valence-electron chi connectivity index (χ4n) is 6.51. The summed E-state index contributed by atoms with van der Waals surface area (Å²) in [6.45, 7) is 0.444. The third kappa shape index (κ3) is 6.26. The number of likely N-dealkylation sites (tertiary alicyclic amines) is 1. The van der Waals surface area contributed by atoms with Gasteiger partial charge in [-0.1, -0.05) is 24.6 Å². The molecular formula is C32H36N2O7. The zero-order valence-corrected chi connectivity index (χ0v) is 22.9. The normalized spacial score (nSPS) is 24.1. The number of aliphatic hydroxyl groups excluding tert-OH is 1. The number of aromatic hydroxyl groups is 1. The van der Waals surface area contributed by atoms with Crippen LogP contribution < -0.4 is 0 Å². The SMILES string of the molecule is O=C(O)CCCCCN1C(=O)[C@@H]2[C@@H](CC(CO)=C3[C@@H](CC/C(=C/c4ccc(O)cc4)c4ccccn4)OC[C@@H]32)C1=O. The van der Waals surface area contributed by atoms with E-state index < -0.39 is 17.8 Å². The van der Waals surface area contributed by atoms with E-state index in [0.29, 0.717) is 51.7 Å². The number of nitrogens with zero attached hydrogens (tertiary/aromatic N) is 2. The fraction of sp³-hybridized carbons (Fsp3) is 0.438. The predicted molar refractivity (Wildman–Crippen MR) is 151 cm³/mol. The minimum Gasteiger partial charge on any atom is -0.508 e. The lowest BCUT2D eigenvalue weighted by atomic mass is 9.69. The second kappa shape index (κ2) is 12.8. The Morgan fingerprint density at radius 3 is 2.54 bits per heavy atom. The summed E-state index contributed by atoms with van der Waals surface area (Å²) in [5, 5.41) is 28.8. The highest BCUT2D eigenvalue weighted by atomic mass is 16.5. The Labute approximate surface area is 239 Å². The molecule has 9 nitrogen and oxygen atoms in total. The van der Waals surface area contributed by atoms with Gasteiger partial charge in [0.15, 0.2) is 0 Å². The largest absolute Gasteiger partial charge is 0.508 e. The van der Waals surface area contributed by atoms with Crippen molar-refractivity contribution in [2.75, 3.05) is 19.8 Å². The Morgan fingerprint density at radius 2 is 1.83 bits per heavy atom. The number of carboxylic acid groups (broad SMARTS) is 1. The van der Waals surface area contributed by atoms with Crippen molar-refractivity contribution in [2.24, 2.45) is 17.8 Å². The van der Waals surface area contributed by atoms with Crippen LogP contribution in [0.1, 0.15) is 56.2 Å². The number of pyridine rings is 1. The van der Waals surface area contributed by atoms with Crippen molar-refractivity contribution in [3.63, 3.8) is 0 Å². The average molecular weight is 561 g/mol. The molecule has 41 heavy (non-hydrogen) atoms. The molecule has 0 radical (unpaired) electrons. The Kier molecular flexibility index (Phi) is 8.95. The number of phenolic OH excluding ortho intramolecular Hbond substituents is 1. The first-order chi connectivity index (χ1) is 19.9. The van der Waals surface area contributed by atoms with E-state index in [0.717, 1.165) is 28.0 Å². The van der Waals surface area contributed by atoms with Gasteiger partial charge in [-0.15, -0.1) is 0 Å². The second-order valence-electron chi connectivity index (χ2n) is 11.0. The molecule has 0 unspecified atom stereocenters. The summed E-state index contributed by atoms with van der Waals surface area (Å²) in [5.74, 6) is -2.24. The number of fused-ring (bicyclic) bond motifs is 3. The van der Waals surface area contributed by atoms with E-state index in [9.17, 15) is 24.6 Å². The number of imide groups is 1. The van der Waals surface area contributed by atoms with Gasteiger partial charge in [0.2, 0.25) is 11.8 Å². The number of unbranched alkanes of at least 4 members (excludes halogenated alkanes) is 2. The van der Waals surface area contributed by atoms with Gasteiger partial charge in [-0.2, -0.15) is 0 Å². The maximum Gasteiger partial charge on any atom is 0.303 e. The van der Waals surface area contributed by atoms with Gasteiger partial charge in [-0.25, -0.2) is 0 Å². The number of ether oxygens (including phenoxy) is 1. The predicted octanol–water partition coefficient (Wildman–Crippen LogP) is 4.06. The number of carbonyl (C=O) groups excluding carboxylic acids is 2. The lowest BCUT2D eigenvalue weighted by Gasteiger charge is -2.31. The van der Waals surface area contributed by atoms with Crippen molar-refractivity contribution in [3.05, 3.63) is 71.1 Å². The fourth-order valence-corrected chi connectivity index (χ4v) is 6.51. The Hall–Kier alpha value is -3.82. The number of allylic oxidation sites excluding steroid dienone is 1. The zero-order chi connectivity index (χ0) is 28.9. The molecule has 0 bridgehead atoms. The van der Waals surface area contributed by atoms with Crippen LogP contribution in [0.25, 0.3) is 11.6 Å². The summed E-state index contributed by atoms with van der Waals surface area (Å²) < 4.78 is 6.26. The molecule has 216 valence electrons. The molecule has 1 aliphatic carbocycles. The van der Waals surface area contributed by atoms with E-state index >= 15 is 0 Å². The molecule has 2 aromatic rings.